The molecule has 2 fully saturated rings. The maximum Gasteiger partial charge on any atom is 0.340 e. The normalized spacial score (nSPS) is 19.9. The highest BCUT2D eigenvalue weighted by molar-refractivity contribution is 5.91. The molecule has 186 valence electrons. The molecule has 2 N–H and O–H groups in total. The van der Waals surface area contributed by atoms with Crippen molar-refractivity contribution in [2.24, 2.45) is 5.73 Å². The summed E-state index contributed by atoms with van der Waals surface area (Å²) in [6, 6.07) is 22.5. The number of nitrogens with zero attached hydrogens (tertiary/aromatic N) is 4. The second kappa shape index (κ2) is 9.18. The Hall–Kier alpha value is -4.50. The van der Waals surface area contributed by atoms with Crippen molar-refractivity contribution < 1.29 is 19.2 Å². The van der Waals surface area contributed by atoms with Gasteiger partial charge in [0.2, 0.25) is 5.91 Å². The molecule has 0 radical (unpaired) electrons. The molecule has 1 aromatic heterocycles. The van der Waals surface area contributed by atoms with Gasteiger partial charge in [-0.1, -0.05) is 66.7 Å². The molecule has 4 aromatic rings. The third-order valence-corrected chi connectivity index (χ3v) is 7.05. The minimum atomic E-state index is -0.976. The van der Waals surface area contributed by atoms with Gasteiger partial charge in [-0.25, -0.2) is 4.79 Å². The van der Waals surface area contributed by atoms with Crippen LogP contribution < -0.4 is 5.73 Å². The van der Waals surface area contributed by atoms with Gasteiger partial charge in [-0.15, -0.1) is 0 Å². The molecule has 0 aliphatic carbocycles. The van der Waals surface area contributed by atoms with Crippen LogP contribution in [0.5, 0.6) is 0 Å². The van der Waals surface area contributed by atoms with Gasteiger partial charge in [0, 0.05) is 24.5 Å². The van der Waals surface area contributed by atoms with Crippen molar-refractivity contribution in [1.82, 2.24) is 19.8 Å². The van der Waals surface area contributed by atoms with Gasteiger partial charge in [0.05, 0.1) is 12.1 Å². The van der Waals surface area contributed by atoms with Crippen LogP contribution in [0.15, 0.2) is 79.0 Å². The fourth-order valence-corrected chi connectivity index (χ4v) is 5.26. The Bertz CT molecular complexity index is 1530. The number of carbonyl (C=O) groups is 3. The molecule has 37 heavy (non-hydrogen) atoms. The predicted octanol–water partition coefficient (Wildman–Crippen LogP) is 2.82. The Morgan fingerprint density at radius 3 is 2.51 bits per heavy atom. The number of carbonyl (C=O) groups excluding carboxylic acids is 3. The summed E-state index contributed by atoms with van der Waals surface area (Å²) in [6.07, 6.45) is 0.169. The highest BCUT2D eigenvalue weighted by Gasteiger charge is 2.48. The predicted molar refractivity (Wildman–Crippen MR) is 137 cm³/mol. The lowest BCUT2D eigenvalue weighted by molar-refractivity contribution is -0.252. The second-order valence-electron chi connectivity index (χ2n) is 9.31. The molecular weight excluding hydrogens is 470 g/mol. The topological polar surface area (TPSA) is 109 Å². The van der Waals surface area contributed by atoms with E-state index in [1.165, 1.54) is 4.90 Å². The average molecular weight is 496 g/mol. The fourth-order valence-electron chi connectivity index (χ4n) is 5.26. The smallest absolute Gasteiger partial charge is 0.340 e. The van der Waals surface area contributed by atoms with Crippen LogP contribution in [-0.2, 0) is 27.4 Å². The highest BCUT2D eigenvalue weighted by atomic mass is 16.7. The molecule has 3 aromatic carbocycles. The molecule has 4 amide bonds. The number of hydrogen-bond acceptors (Lipinski definition) is 5. The Labute approximate surface area is 213 Å². The maximum absolute atomic E-state index is 13.5. The van der Waals surface area contributed by atoms with E-state index in [9.17, 15) is 14.4 Å². The first-order valence-corrected chi connectivity index (χ1v) is 12.1. The van der Waals surface area contributed by atoms with E-state index in [1.54, 1.807) is 11.1 Å². The molecule has 6 rings (SSSR count). The van der Waals surface area contributed by atoms with Crippen LogP contribution in [0, 0.1) is 0 Å². The van der Waals surface area contributed by atoms with E-state index >= 15 is 0 Å². The molecule has 2 atom stereocenters. The van der Waals surface area contributed by atoms with Gasteiger partial charge in [-0.05, 0) is 28.0 Å². The monoisotopic (exact) mass is 495 g/mol. The van der Waals surface area contributed by atoms with Crippen LogP contribution in [0.1, 0.15) is 11.1 Å². The third-order valence-electron chi connectivity index (χ3n) is 7.05. The number of fused-ring (bicyclic) bond motifs is 3. The summed E-state index contributed by atoms with van der Waals surface area (Å²) in [4.78, 5) is 52.5. The second-order valence-corrected chi connectivity index (χ2v) is 9.31. The molecule has 2 aliphatic rings. The Morgan fingerprint density at radius 2 is 1.68 bits per heavy atom. The molecule has 2 aliphatic heterocycles. The highest BCUT2D eigenvalue weighted by Crippen LogP contribution is 2.28. The lowest BCUT2D eigenvalue weighted by Gasteiger charge is -2.49. The van der Waals surface area contributed by atoms with Crippen molar-refractivity contribution in [3.8, 4) is 0 Å². The number of hydrogen-bond donors (Lipinski definition) is 1. The standard InChI is InChI=1S/C28H25N5O4/c29-28(36)33-24-16-31(15-21-10-4-8-19-11-5-13-30-26(19)21)25(34)17-32(24)27(35)23(37-33)14-20-9-3-7-18-6-1-2-12-22(18)20/h1-13,23-24H,14-17H2,(H2,29,36). The maximum atomic E-state index is 13.5. The van der Waals surface area contributed by atoms with Crippen LogP contribution in [-0.4, -0.2) is 63.1 Å². The van der Waals surface area contributed by atoms with E-state index in [0.717, 1.165) is 37.9 Å². The van der Waals surface area contributed by atoms with Crippen LogP contribution >= 0.6 is 0 Å². The zero-order chi connectivity index (χ0) is 25.5. The van der Waals surface area contributed by atoms with Gasteiger partial charge < -0.3 is 15.5 Å². The Morgan fingerprint density at radius 1 is 0.946 bits per heavy atom. The zero-order valence-corrected chi connectivity index (χ0v) is 20.0. The van der Waals surface area contributed by atoms with Gasteiger partial charge in [0.1, 0.15) is 6.54 Å². The number of rotatable bonds is 4. The van der Waals surface area contributed by atoms with Gasteiger partial charge in [-0.3, -0.25) is 19.4 Å². The number of aromatic nitrogens is 1. The molecule has 9 heteroatoms. The summed E-state index contributed by atoms with van der Waals surface area (Å²) >= 11 is 0. The Kier molecular flexibility index (Phi) is 5.69. The summed E-state index contributed by atoms with van der Waals surface area (Å²) in [6.45, 7) is 0.205. The number of urea groups is 1. The third kappa shape index (κ3) is 4.13. The summed E-state index contributed by atoms with van der Waals surface area (Å²) in [7, 11) is 0. The molecule has 0 bridgehead atoms. The van der Waals surface area contributed by atoms with Crippen LogP contribution in [0.3, 0.4) is 0 Å². The molecule has 2 saturated heterocycles. The summed E-state index contributed by atoms with van der Waals surface area (Å²) in [5, 5.41) is 4.05. The van der Waals surface area contributed by atoms with Crippen LogP contribution in [0.2, 0.25) is 0 Å². The minimum absolute atomic E-state index is 0.0811. The van der Waals surface area contributed by atoms with E-state index in [0.29, 0.717) is 0 Å². The number of piperazine rings is 1. The van der Waals surface area contributed by atoms with Crippen molar-refractivity contribution in [2.75, 3.05) is 13.1 Å². The first kappa shape index (κ1) is 22.9. The quantitative estimate of drug-likeness (QED) is 0.468. The first-order chi connectivity index (χ1) is 18.0. The number of primary amides is 1. The van der Waals surface area contributed by atoms with E-state index < -0.39 is 18.3 Å². The van der Waals surface area contributed by atoms with Crippen molar-refractivity contribution in [2.45, 2.75) is 25.2 Å². The van der Waals surface area contributed by atoms with E-state index in [-0.39, 0.29) is 37.9 Å². The molecule has 3 heterocycles. The number of pyridine rings is 1. The molecule has 0 spiro atoms. The Balaban J connectivity index is 1.26. The van der Waals surface area contributed by atoms with E-state index in [1.807, 2.05) is 72.8 Å². The summed E-state index contributed by atoms with van der Waals surface area (Å²) in [5.41, 5.74) is 8.27. The first-order valence-electron chi connectivity index (χ1n) is 12.1. The number of hydroxylamine groups is 2. The summed E-state index contributed by atoms with van der Waals surface area (Å²) < 4.78 is 0. The van der Waals surface area contributed by atoms with E-state index in [4.69, 9.17) is 10.6 Å². The fraction of sp³-hybridized carbons (Fsp3) is 0.214. The lowest BCUT2D eigenvalue weighted by atomic mass is 9.98. The molecule has 2 unspecified atom stereocenters. The average Bonchev–Trinajstić information content (AvgIpc) is 2.91. The number of para-hydroxylation sites is 1. The van der Waals surface area contributed by atoms with Crippen LogP contribution in [0.4, 0.5) is 4.79 Å². The van der Waals surface area contributed by atoms with Gasteiger partial charge in [0.15, 0.2) is 12.3 Å². The van der Waals surface area contributed by atoms with E-state index in [2.05, 4.69) is 4.98 Å². The molecule has 0 saturated carbocycles. The van der Waals surface area contributed by atoms with Crippen molar-refractivity contribution >= 4 is 39.5 Å². The van der Waals surface area contributed by atoms with Gasteiger partial charge in [-0.2, -0.15) is 5.06 Å². The number of nitrogens with two attached hydrogens (primary N) is 1. The van der Waals surface area contributed by atoms with Gasteiger partial charge >= 0.3 is 6.03 Å². The van der Waals surface area contributed by atoms with Crippen molar-refractivity contribution in [3.63, 3.8) is 0 Å². The summed E-state index contributed by atoms with van der Waals surface area (Å²) in [5.74, 6) is -0.553. The zero-order valence-electron chi connectivity index (χ0n) is 20.0. The van der Waals surface area contributed by atoms with Crippen molar-refractivity contribution in [1.29, 1.82) is 0 Å². The van der Waals surface area contributed by atoms with Gasteiger partial charge in [0.25, 0.3) is 5.91 Å². The number of benzene rings is 3. The number of amides is 4. The largest absolute Gasteiger partial charge is 0.350 e. The molecular formula is C28H25N5O4. The van der Waals surface area contributed by atoms with Crippen molar-refractivity contribution in [3.05, 3.63) is 90.1 Å². The SMILES string of the molecule is NC(=O)N1OC(Cc2cccc3ccccc23)C(=O)N2CC(=O)N(Cc3cccc4cccnc34)CC21. The van der Waals surface area contributed by atoms with Crippen LogP contribution in [0.25, 0.3) is 21.7 Å². The molecule has 9 nitrogen and oxygen atoms in total. The lowest BCUT2D eigenvalue weighted by Crippen LogP contribution is -2.70. The minimum Gasteiger partial charge on any atom is -0.350 e.